The third-order valence-electron chi connectivity index (χ3n) is 4.08. The van der Waals surface area contributed by atoms with Crippen LogP contribution in [-0.2, 0) is 6.42 Å². The summed E-state index contributed by atoms with van der Waals surface area (Å²) in [6, 6.07) is 14.6. The second-order valence-corrected chi connectivity index (χ2v) is 7.39. The maximum atomic E-state index is 12.7. The van der Waals surface area contributed by atoms with Gasteiger partial charge in [0, 0.05) is 10.6 Å². The lowest BCUT2D eigenvalue weighted by atomic mass is 10.0. The number of rotatable bonds is 5. The molecule has 0 fully saturated rings. The van der Waals surface area contributed by atoms with E-state index in [0.29, 0.717) is 28.5 Å². The van der Waals surface area contributed by atoms with Crippen LogP contribution in [-0.4, -0.2) is 11.1 Å². The van der Waals surface area contributed by atoms with E-state index in [0.717, 1.165) is 10.0 Å². The molecule has 0 saturated carbocycles. The predicted molar refractivity (Wildman–Crippen MR) is 105 cm³/mol. The lowest BCUT2D eigenvalue weighted by Gasteiger charge is -2.17. The van der Waals surface area contributed by atoms with Crippen LogP contribution in [0, 0.1) is 13.8 Å². The SMILES string of the molecule is Cc1cccc(C[C@@H](NC(=O)c2ccc(Cl)cc2)c2noc(C)c2Br)c1. The topological polar surface area (TPSA) is 55.1 Å². The Morgan fingerprint density at radius 3 is 2.58 bits per heavy atom. The zero-order valence-corrected chi connectivity index (χ0v) is 16.8. The minimum Gasteiger partial charge on any atom is -0.360 e. The van der Waals surface area contributed by atoms with Crippen molar-refractivity contribution in [2.24, 2.45) is 0 Å². The van der Waals surface area contributed by atoms with Crippen molar-refractivity contribution in [3.05, 3.63) is 86.2 Å². The van der Waals surface area contributed by atoms with E-state index in [1.807, 2.05) is 32.0 Å². The van der Waals surface area contributed by atoms with Gasteiger partial charge in [-0.3, -0.25) is 4.79 Å². The van der Waals surface area contributed by atoms with E-state index in [4.69, 9.17) is 16.1 Å². The van der Waals surface area contributed by atoms with Crippen molar-refractivity contribution in [2.75, 3.05) is 0 Å². The fraction of sp³-hybridized carbons (Fsp3) is 0.200. The first-order valence-corrected chi connectivity index (χ1v) is 9.35. The highest BCUT2D eigenvalue weighted by molar-refractivity contribution is 9.10. The van der Waals surface area contributed by atoms with E-state index in [2.05, 4.69) is 32.5 Å². The molecule has 0 spiro atoms. The first-order chi connectivity index (χ1) is 12.4. The van der Waals surface area contributed by atoms with Gasteiger partial charge in [-0.25, -0.2) is 0 Å². The summed E-state index contributed by atoms with van der Waals surface area (Å²) >= 11 is 9.41. The number of hydrogen-bond acceptors (Lipinski definition) is 3. The lowest BCUT2D eigenvalue weighted by Crippen LogP contribution is -2.30. The molecule has 6 heteroatoms. The molecule has 1 heterocycles. The van der Waals surface area contributed by atoms with E-state index in [9.17, 15) is 4.79 Å². The number of carbonyl (C=O) groups is 1. The molecule has 1 atom stereocenters. The van der Waals surface area contributed by atoms with Crippen LogP contribution in [0.5, 0.6) is 0 Å². The Bertz CT molecular complexity index is 922. The number of halogens is 2. The van der Waals surface area contributed by atoms with Crippen molar-refractivity contribution < 1.29 is 9.32 Å². The Morgan fingerprint density at radius 2 is 1.96 bits per heavy atom. The lowest BCUT2D eigenvalue weighted by molar-refractivity contribution is 0.0935. The van der Waals surface area contributed by atoms with E-state index in [-0.39, 0.29) is 11.9 Å². The summed E-state index contributed by atoms with van der Waals surface area (Å²) < 4.78 is 6.05. The van der Waals surface area contributed by atoms with Gasteiger partial charge in [0.05, 0.1) is 10.5 Å². The third kappa shape index (κ3) is 4.34. The molecule has 0 aliphatic rings. The van der Waals surface area contributed by atoms with Crippen molar-refractivity contribution in [1.82, 2.24) is 10.5 Å². The van der Waals surface area contributed by atoms with Crippen LogP contribution >= 0.6 is 27.5 Å². The van der Waals surface area contributed by atoms with Gasteiger partial charge in [-0.2, -0.15) is 0 Å². The average Bonchev–Trinajstić information content (AvgIpc) is 2.94. The zero-order valence-electron chi connectivity index (χ0n) is 14.4. The molecule has 0 saturated heterocycles. The summed E-state index contributed by atoms with van der Waals surface area (Å²) in [7, 11) is 0. The van der Waals surface area contributed by atoms with Crippen molar-refractivity contribution in [2.45, 2.75) is 26.3 Å². The first-order valence-electron chi connectivity index (χ1n) is 8.17. The van der Waals surface area contributed by atoms with E-state index >= 15 is 0 Å². The number of aromatic nitrogens is 1. The fourth-order valence-corrected chi connectivity index (χ4v) is 3.28. The maximum absolute atomic E-state index is 12.7. The van der Waals surface area contributed by atoms with Gasteiger partial charge in [0.2, 0.25) is 0 Å². The minimum atomic E-state index is -0.327. The standard InChI is InChI=1S/C20H18BrClN2O2/c1-12-4-3-5-14(10-12)11-17(19-18(21)13(2)26-24-19)23-20(25)15-6-8-16(22)9-7-15/h3-10,17H,11H2,1-2H3,(H,23,25)/t17-/m1/s1. The number of carbonyl (C=O) groups excluding carboxylic acids is 1. The van der Waals surface area contributed by atoms with Gasteiger partial charge in [-0.1, -0.05) is 46.6 Å². The third-order valence-corrected chi connectivity index (χ3v) is 5.30. The fourth-order valence-electron chi connectivity index (χ4n) is 2.73. The number of aryl methyl sites for hydroxylation is 2. The Labute approximate surface area is 165 Å². The van der Waals surface area contributed by atoms with Crippen molar-refractivity contribution in [3.8, 4) is 0 Å². The van der Waals surface area contributed by atoms with E-state index in [1.165, 1.54) is 5.56 Å². The van der Waals surface area contributed by atoms with Crippen LogP contribution in [0.25, 0.3) is 0 Å². The number of benzene rings is 2. The molecular formula is C20H18BrClN2O2. The molecule has 0 radical (unpaired) electrons. The predicted octanol–water partition coefficient (Wildman–Crippen LogP) is 5.42. The molecule has 2 aromatic carbocycles. The van der Waals surface area contributed by atoms with Crippen LogP contribution in [0.3, 0.4) is 0 Å². The molecule has 3 aromatic rings. The molecule has 134 valence electrons. The number of nitrogens with one attached hydrogen (secondary N) is 1. The van der Waals surface area contributed by atoms with Crippen LogP contribution in [0.2, 0.25) is 5.02 Å². The van der Waals surface area contributed by atoms with Crippen LogP contribution in [0.4, 0.5) is 0 Å². The van der Waals surface area contributed by atoms with Crippen LogP contribution in [0.1, 0.15) is 39.0 Å². The van der Waals surface area contributed by atoms with Gasteiger partial charge in [0.15, 0.2) is 0 Å². The molecule has 3 rings (SSSR count). The molecule has 1 aromatic heterocycles. The quantitative estimate of drug-likeness (QED) is 0.584. The summed E-state index contributed by atoms with van der Waals surface area (Å²) in [5.41, 5.74) is 3.49. The number of hydrogen-bond donors (Lipinski definition) is 1. The van der Waals surface area contributed by atoms with Gasteiger partial charge >= 0.3 is 0 Å². The minimum absolute atomic E-state index is 0.188. The van der Waals surface area contributed by atoms with E-state index < -0.39 is 0 Å². The highest BCUT2D eigenvalue weighted by atomic mass is 79.9. The zero-order chi connectivity index (χ0) is 18.7. The molecule has 0 bridgehead atoms. The Morgan fingerprint density at radius 1 is 1.23 bits per heavy atom. The van der Waals surface area contributed by atoms with Gasteiger partial charge in [0.1, 0.15) is 11.5 Å². The summed E-state index contributed by atoms with van der Waals surface area (Å²) in [6.07, 6.45) is 0.603. The largest absolute Gasteiger partial charge is 0.360 e. The van der Waals surface area contributed by atoms with Crippen LogP contribution < -0.4 is 5.32 Å². The molecule has 0 aliphatic carbocycles. The van der Waals surface area contributed by atoms with Gasteiger partial charge < -0.3 is 9.84 Å². The summed E-state index contributed by atoms with van der Waals surface area (Å²) in [6.45, 7) is 3.87. The normalized spacial score (nSPS) is 12.0. The van der Waals surface area contributed by atoms with Crippen molar-refractivity contribution in [1.29, 1.82) is 0 Å². The second-order valence-electron chi connectivity index (χ2n) is 6.16. The molecule has 26 heavy (non-hydrogen) atoms. The first kappa shape index (κ1) is 18.7. The summed E-state index contributed by atoms with van der Waals surface area (Å²) in [5, 5.41) is 7.78. The number of nitrogens with zero attached hydrogens (tertiary/aromatic N) is 1. The van der Waals surface area contributed by atoms with Gasteiger partial charge in [0.25, 0.3) is 5.91 Å². The van der Waals surface area contributed by atoms with Gasteiger partial charge in [-0.15, -0.1) is 0 Å². The van der Waals surface area contributed by atoms with Crippen LogP contribution in [0.15, 0.2) is 57.5 Å². The molecular weight excluding hydrogens is 416 g/mol. The highest BCUT2D eigenvalue weighted by Crippen LogP contribution is 2.28. The Kier molecular flexibility index (Phi) is 5.79. The summed E-state index contributed by atoms with van der Waals surface area (Å²) in [4.78, 5) is 12.7. The molecule has 4 nitrogen and oxygen atoms in total. The molecule has 1 N–H and O–H groups in total. The Balaban J connectivity index is 1.88. The van der Waals surface area contributed by atoms with Crippen molar-refractivity contribution >= 4 is 33.4 Å². The molecule has 1 amide bonds. The highest BCUT2D eigenvalue weighted by Gasteiger charge is 2.23. The average molecular weight is 434 g/mol. The second kappa shape index (κ2) is 8.06. The molecule has 0 unspecified atom stereocenters. The van der Waals surface area contributed by atoms with Crippen molar-refractivity contribution in [3.63, 3.8) is 0 Å². The summed E-state index contributed by atoms with van der Waals surface area (Å²) in [5.74, 6) is 0.488. The van der Waals surface area contributed by atoms with Gasteiger partial charge in [-0.05, 0) is 66.0 Å². The number of amides is 1. The molecule has 0 aliphatic heterocycles. The monoisotopic (exact) mass is 432 g/mol. The Hall–Kier alpha value is -2.11. The maximum Gasteiger partial charge on any atom is 0.251 e. The smallest absolute Gasteiger partial charge is 0.251 e. The van der Waals surface area contributed by atoms with E-state index in [1.54, 1.807) is 24.3 Å².